The zero-order chi connectivity index (χ0) is 25.6. The zero-order valence-electron chi connectivity index (χ0n) is 19.4. The number of hydrogen-bond donors (Lipinski definition) is 4. The van der Waals surface area contributed by atoms with Gasteiger partial charge in [-0.1, -0.05) is 38.0 Å². The van der Waals surface area contributed by atoms with Crippen molar-refractivity contribution in [1.29, 1.82) is 0 Å². The Bertz CT molecular complexity index is 1320. The number of azo groups is 1. The van der Waals surface area contributed by atoms with E-state index in [1.807, 2.05) is 0 Å². The molecule has 0 radical (unpaired) electrons. The van der Waals surface area contributed by atoms with E-state index in [0.29, 0.717) is 22.9 Å². The van der Waals surface area contributed by atoms with Crippen LogP contribution in [0.25, 0.3) is 0 Å². The summed E-state index contributed by atoms with van der Waals surface area (Å²) >= 11 is 0. The molecule has 5 N–H and O–H groups in total. The summed E-state index contributed by atoms with van der Waals surface area (Å²) in [5.74, 6) is 0.527. The quantitative estimate of drug-likeness (QED) is 0.261. The van der Waals surface area contributed by atoms with Gasteiger partial charge in [0.15, 0.2) is 21.5 Å². The second-order valence-electron chi connectivity index (χ2n) is 8.28. The highest BCUT2D eigenvalue weighted by Gasteiger charge is 2.21. The van der Waals surface area contributed by atoms with Gasteiger partial charge in [0, 0.05) is 23.6 Å². The Morgan fingerprint density at radius 2 is 1.83 bits per heavy atom. The molecule has 0 bridgehead atoms. The Morgan fingerprint density at radius 3 is 2.49 bits per heavy atom. The van der Waals surface area contributed by atoms with E-state index in [4.69, 9.17) is 5.73 Å². The third-order valence-corrected chi connectivity index (χ3v) is 7.92. The number of aromatic nitrogens is 1. The highest BCUT2D eigenvalue weighted by Crippen LogP contribution is 2.38. The van der Waals surface area contributed by atoms with Crippen LogP contribution in [0.15, 0.2) is 51.4 Å². The van der Waals surface area contributed by atoms with Crippen molar-refractivity contribution in [2.45, 2.75) is 50.0 Å². The van der Waals surface area contributed by atoms with Gasteiger partial charge in [0.2, 0.25) is 0 Å². The number of hydrogen-bond acceptors (Lipinski definition) is 10. The third kappa shape index (κ3) is 6.99. The van der Waals surface area contributed by atoms with Crippen LogP contribution in [0.2, 0.25) is 0 Å². The van der Waals surface area contributed by atoms with Crippen LogP contribution < -0.4 is 16.4 Å². The second kappa shape index (κ2) is 11.1. The molecule has 0 unspecified atom stereocenters. The van der Waals surface area contributed by atoms with Crippen LogP contribution in [0.3, 0.4) is 0 Å². The van der Waals surface area contributed by atoms with Crippen molar-refractivity contribution in [3.8, 4) is 0 Å². The summed E-state index contributed by atoms with van der Waals surface area (Å²) in [4.78, 5) is 4.20. The average molecular weight is 523 g/mol. The molecule has 1 heterocycles. The van der Waals surface area contributed by atoms with Crippen molar-refractivity contribution >= 4 is 48.7 Å². The lowest BCUT2D eigenvalue weighted by Gasteiger charge is -2.25. The van der Waals surface area contributed by atoms with E-state index in [1.54, 1.807) is 13.0 Å². The zero-order valence-corrected chi connectivity index (χ0v) is 21.1. The predicted molar refractivity (Wildman–Crippen MR) is 137 cm³/mol. The Kier molecular flexibility index (Phi) is 8.46. The number of nitrogens with one attached hydrogen (secondary N) is 2. The number of nitrogen functional groups attached to an aromatic ring is 1. The number of anilines is 3. The first kappa shape index (κ1) is 26.6. The maximum atomic E-state index is 11.7. The molecule has 1 aliphatic carbocycles. The molecular formula is C22H30N6O5S2. The van der Waals surface area contributed by atoms with Crippen molar-refractivity contribution in [2.75, 3.05) is 28.7 Å². The Morgan fingerprint density at radius 1 is 1.14 bits per heavy atom. The van der Waals surface area contributed by atoms with Gasteiger partial charge in [-0.15, -0.1) is 10.2 Å². The van der Waals surface area contributed by atoms with Crippen LogP contribution in [0.5, 0.6) is 0 Å². The molecule has 13 heteroatoms. The summed E-state index contributed by atoms with van der Waals surface area (Å²) in [5.41, 5.74) is 7.35. The van der Waals surface area contributed by atoms with E-state index in [0.717, 1.165) is 37.5 Å². The van der Waals surface area contributed by atoms with Gasteiger partial charge in [-0.2, -0.15) is 8.42 Å². The molecule has 1 aliphatic rings. The van der Waals surface area contributed by atoms with E-state index in [-0.39, 0.29) is 34.6 Å². The van der Waals surface area contributed by atoms with E-state index in [2.05, 4.69) is 32.4 Å². The van der Waals surface area contributed by atoms with E-state index in [1.165, 1.54) is 18.2 Å². The first-order chi connectivity index (χ1) is 16.5. The van der Waals surface area contributed by atoms with Gasteiger partial charge in [0.25, 0.3) is 10.1 Å². The molecule has 1 fully saturated rings. The number of rotatable bonds is 10. The molecule has 1 aromatic carbocycles. The lowest BCUT2D eigenvalue weighted by atomic mass is 9.95. The minimum Gasteiger partial charge on any atom is -0.395 e. The van der Waals surface area contributed by atoms with Crippen LogP contribution in [0.4, 0.5) is 28.7 Å². The van der Waals surface area contributed by atoms with E-state index >= 15 is 0 Å². The second-order valence-corrected chi connectivity index (χ2v) is 11.7. The highest BCUT2D eigenvalue weighted by atomic mass is 32.2. The first-order valence-electron chi connectivity index (χ1n) is 11.2. The number of sulfone groups is 1. The van der Waals surface area contributed by atoms with Crippen LogP contribution in [-0.2, 0) is 20.0 Å². The van der Waals surface area contributed by atoms with Crippen molar-refractivity contribution in [3.05, 3.63) is 41.8 Å². The SMILES string of the molecule is C=CS(=O)(=O)CCNc1nc(NC2CCCCC2)c(N=Nc2ccccc2S(=O)(=O)O)c(C)c1N. The minimum absolute atomic E-state index is 0.0339. The molecule has 35 heavy (non-hydrogen) atoms. The molecular weight excluding hydrogens is 492 g/mol. The number of benzene rings is 1. The summed E-state index contributed by atoms with van der Waals surface area (Å²) < 4.78 is 56.4. The summed E-state index contributed by atoms with van der Waals surface area (Å²) in [5, 5.41) is 15.6. The third-order valence-electron chi connectivity index (χ3n) is 5.74. The molecule has 11 nitrogen and oxygen atoms in total. The maximum Gasteiger partial charge on any atom is 0.296 e. The van der Waals surface area contributed by atoms with Crippen molar-refractivity contribution in [2.24, 2.45) is 10.2 Å². The van der Waals surface area contributed by atoms with Crippen LogP contribution >= 0.6 is 0 Å². The fraction of sp³-hybridized carbons (Fsp3) is 0.409. The normalized spacial score (nSPS) is 15.3. The number of nitrogens with two attached hydrogens (primary N) is 1. The summed E-state index contributed by atoms with van der Waals surface area (Å²) in [6.45, 7) is 5.10. The average Bonchev–Trinajstić information content (AvgIpc) is 2.82. The summed E-state index contributed by atoms with van der Waals surface area (Å²) in [6, 6.07) is 5.86. The largest absolute Gasteiger partial charge is 0.395 e. The van der Waals surface area contributed by atoms with Crippen molar-refractivity contribution in [1.82, 2.24) is 4.98 Å². The van der Waals surface area contributed by atoms with Gasteiger partial charge in [0.05, 0.1) is 11.4 Å². The Labute approximate surface area is 205 Å². The Balaban J connectivity index is 2.00. The van der Waals surface area contributed by atoms with E-state index in [9.17, 15) is 21.4 Å². The number of nitrogens with zero attached hydrogens (tertiary/aromatic N) is 3. The van der Waals surface area contributed by atoms with E-state index < -0.39 is 20.0 Å². The van der Waals surface area contributed by atoms with Gasteiger partial charge in [-0.25, -0.2) is 13.4 Å². The van der Waals surface area contributed by atoms with Crippen LogP contribution in [0, 0.1) is 6.92 Å². The fourth-order valence-corrected chi connectivity index (χ4v) is 4.94. The Hall–Kier alpha value is -3.03. The monoisotopic (exact) mass is 522 g/mol. The van der Waals surface area contributed by atoms with Gasteiger partial charge < -0.3 is 16.4 Å². The molecule has 0 atom stereocenters. The summed E-state index contributed by atoms with van der Waals surface area (Å²) in [6.07, 6.45) is 5.22. The van der Waals surface area contributed by atoms with Gasteiger partial charge in [-0.05, 0) is 31.9 Å². The molecule has 1 aromatic heterocycles. The lowest BCUT2D eigenvalue weighted by molar-refractivity contribution is 0.462. The van der Waals surface area contributed by atoms with Crippen LogP contribution in [-0.4, -0.2) is 44.7 Å². The molecule has 0 saturated heterocycles. The van der Waals surface area contributed by atoms with Crippen molar-refractivity contribution in [3.63, 3.8) is 0 Å². The lowest BCUT2D eigenvalue weighted by Crippen LogP contribution is -2.23. The van der Waals surface area contributed by atoms with Crippen LogP contribution in [0.1, 0.15) is 37.7 Å². The first-order valence-corrected chi connectivity index (χ1v) is 14.3. The molecule has 2 aromatic rings. The molecule has 190 valence electrons. The predicted octanol–water partition coefficient (Wildman–Crippen LogP) is 4.35. The number of pyridine rings is 1. The molecule has 1 saturated carbocycles. The smallest absolute Gasteiger partial charge is 0.296 e. The molecule has 3 rings (SSSR count). The molecule has 0 amide bonds. The van der Waals surface area contributed by atoms with Gasteiger partial charge >= 0.3 is 0 Å². The van der Waals surface area contributed by atoms with Gasteiger partial charge in [-0.3, -0.25) is 4.55 Å². The highest BCUT2D eigenvalue weighted by molar-refractivity contribution is 7.94. The van der Waals surface area contributed by atoms with Gasteiger partial charge in [0.1, 0.15) is 16.3 Å². The minimum atomic E-state index is -4.50. The standard InChI is InChI=1S/C22H30N6O5S2/c1-3-34(29,30)14-13-24-21-19(23)15(2)20(22(26-21)25-16-9-5-4-6-10-16)28-27-17-11-7-8-12-18(17)35(31,32)33/h3,7-8,11-12,16H,1,4-6,9-10,13-14,23H2,2H3,(H2,24,25,26)(H,31,32,33). The van der Waals surface area contributed by atoms with Crippen molar-refractivity contribution < 1.29 is 21.4 Å². The maximum absolute atomic E-state index is 11.7. The molecule has 0 spiro atoms. The topological polar surface area (TPSA) is 176 Å². The molecule has 0 aliphatic heterocycles. The fourth-order valence-electron chi connectivity index (χ4n) is 3.76. The summed E-state index contributed by atoms with van der Waals surface area (Å²) in [7, 11) is -7.89.